The van der Waals surface area contributed by atoms with Crippen LogP contribution in [-0.4, -0.2) is 40.9 Å². The first kappa shape index (κ1) is 15.4. The van der Waals surface area contributed by atoms with Crippen molar-refractivity contribution in [2.45, 2.75) is 12.7 Å². The Hall–Kier alpha value is -2.51. The number of benzene rings is 1. The monoisotopic (exact) mass is 325 g/mol. The van der Waals surface area contributed by atoms with E-state index >= 15 is 0 Å². The second kappa shape index (κ2) is 5.60. The van der Waals surface area contributed by atoms with Gasteiger partial charge in [0.25, 0.3) is 0 Å². The molecule has 3 rings (SSSR count). The minimum Gasteiger partial charge on any atom is -0.353 e. The Morgan fingerprint density at radius 3 is 2.74 bits per heavy atom. The van der Waals surface area contributed by atoms with Crippen molar-refractivity contribution in [3.05, 3.63) is 36.0 Å². The zero-order chi connectivity index (χ0) is 16.6. The quantitative estimate of drug-likeness (QED) is 0.912. The average molecular weight is 325 g/mol. The number of hydrogen-bond acceptors (Lipinski definition) is 2. The number of aromatic nitrogens is 1. The van der Waals surface area contributed by atoms with Gasteiger partial charge >= 0.3 is 6.18 Å². The minimum absolute atomic E-state index is 0.0220. The maximum absolute atomic E-state index is 12.8. The van der Waals surface area contributed by atoms with Gasteiger partial charge < -0.3 is 14.8 Å². The molecule has 0 radical (unpaired) electrons. The van der Waals surface area contributed by atoms with Gasteiger partial charge in [0.2, 0.25) is 11.8 Å². The van der Waals surface area contributed by atoms with Gasteiger partial charge in [0, 0.05) is 24.8 Å². The van der Waals surface area contributed by atoms with Gasteiger partial charge in [-0.3, -0.25) is 9.59 Å². The lowest BCUT2D eigenvalue weighted by atomic mass is 10.1. The van der Waals surface area contributed by atoms with Crippen molar-refractivity contribution in [2.24, 2.45) is 0 Å². The van der Waals surface area contributed by atoms with Crippen LogP contribution in [0.1, 0.15) is 5.56 Å². The molecule has 0 saturated carbocycles. The Morgan fingerprint density at radius 1 is 1.26 bits per heavy atom. The fraction of sp³-hybridized carbons (Fsp3) is 0.333. The molecule has 2 amide bonds. The van der Waals surface area contributed by atoms with E-state index in [0.29, 0.717) is 24.0 Å². The molecule has 1 fully saturated rings. The number of halogens is 3. The number of carbonyl (C=O) groups is 2. The molecule has 1 N–H and O–H groups in total. The van der Waals surface area contributed by atoms with Crippen LogP contribution in [0.3, 0.4) is 0 Å². The SMILES string of the molecule is O=C1CN(C(=O)Cn2ccc3ccc(C(F)(F)F)cc32)CCN1. The van der Waals surface area contributed by atoms with Crippen LogP contribution in [0.2, 0.25) is 0 Å². The maximum atomic E-state index is 12.8. The second-order valence-electron chi connectivity index (χ2n) is 5.38. The third-order valence-electron chi connectivity index (χ3n) is 3.80. The lowest BCUT2D eigenvalue weighted by Crippen LogP contribution is -2.50. The van der Waals surface area contributed by atoms with Crippen LogP contribution in [0.25, 0.3) is 10.9 Å². The van der Waals surface area contributed by atoms with Crippen LogP contribution in [0.4, 0.5) is 13.2 Å². The summed E-state index contributed by atoms with van der Waals surface area (Å²) in [6, 6.07) is 5.09. The van der Waals surface area contributed by atoms with E-state index in [9.17, 15) is 22.8 Å². The molecule has 0 atom stereocenters. The van der Waals surface area contributed by atoms with Crippen molar-refractivity contribution in [1.29, 1.82) is 0 Å². The number of nitrogens with zero attached hydrogens (tertiary/aromatic N) is 2. The van der Waals surface area contributed by atoms with Crippen LogP contribution < -0.4 is 5.32 Å². The first-order valence-corrected chi connectivity index (χ1v) is 7.05. The van der Waals surface area contributed by atoms with Crippen LogP contribution in [0, 0.1) is 0 Å². The average Bonchev–Trinajstić information content (AvgIpc) is 2.89. The Labute approximate surface area is 129 Å². The van der Waals surface area contributed by atoms with Crippen molar-refractivity contribution in [3.8, 4) is 0 Å². The molecule has 1 aromatic carbocycles. The minimum atomic E-state index is -4.43. The fourth-order valence-electron chi connectivity index (χ4n) is 2.60. The molecule has 2 heterocycles. The molecule has 1 aliphatic rings. The molecule has 0 bridgehead atoms. The zero-order valence-electron chi connectivity index (χ0n) is 12.1. The van der Waals surface area contributed by atoms with E-state index in [-0.39, 0.29) is 24.9 Å². The van der Waals surface area contributed by atoms with Gasteiger partial charge in [-0.05, 0) is 23.6 Å². The van der Waals surface area contributed by atoms with Crippen molar-refractivity contribution in [2.75, 3.05) is 19.6 Å². The van der Waals surface area contributed by atoms with Crippen LogP contribution in [0.15, 0.2) is 30.5 Å². The predicted octanol–water partition coefficient (Wildman–Crippen LogP) is 1.62. The molecule has 1 saturated heterocycles. The summed E-state index contributed by atoms with van der Waals surface area (Å²) in [5.74, 6) is -0.531. The molecule has 8 heteroatoms. The molecular weight excluding hydrogens is 311 g/mol. The van der Waals surface area contributed by atoms with E-state index in [2.05, 4.69) is 5.32 Å². The number of amides is 2. The summed E-state index contributed by atoms with van der Waals surface area (Å²) < 4.78 is 39.9. The van der Waals surface area contributed by atoms with Crippen LogP contribution in [0.5, 0.6) is 0 Å². The number of hydrogen-bond donors (Lipinski definition) is 1. The maximum Gasteiger partial charge on any atom is 0.416 e. The highest BCUT2D eigenvalue weighted by molar-refractivity contribution is 5.87. The summed E-state index contributed by atoms with van der Waals surface area (Å²) in [6.45, 7) is 0.663. The van der Waals surface area contributed by atoms with Gasteiger partial charge in [-0.15, -0.1) is 0 Å². The van der Waals surface area contributed by atoms with Gasteiger partial charge in [0.1, 0.15) is 6.54 Å². The predicted molar refractivity (Wildman–Crippen MR) is 76.5 cm³/mol. The first-order chi connectivity index (χ1) is 10.8. The highest BCUT2D eigenvalue weighted by atomic mass is 19.4. The van der Waals surface area contributed by atoms with Crippen molar-refractivity contribution in [3.63, 3.8) is 0 Å². The van der Waals surface area contributed by atoms with E-state index in [1.165, 1.54) is 15.5 Å². The third kappa shape index (κ3) is 3.15. The number of fused-ring (bicyclic) bond motifs is 1. The summed E-state index contributed by atoms with van der Waals surface area (Å²) in [5.41, 5.74) is -0.413. The topological polar surface area (TPSA) is 54.3 Å². The molecule has 0 unspecified atom stereocenters. The molecule has 23 heavy (non-hydrogen) atoms. The standard InChI is InChI=1S/C15H14F3N3O2/c16-15(17,18)11-2-1-10-3-5-20(12(10)7-11)9-14(23)21-6-4-19-13(22)8-21/h1-3,5,7H,4,6,8-9H2,(H,19,22). The molecule has 1 aliphatic heterocycles. The Morgan fingerprint density at radius 2 is 2.04 bits per heavy atom. The van der Waals surface area contributed by atoms with Gasteiger partial charge in [-0.1, -0.05) is 6.07 Å². The van der Waals surface area contributed by atoms with Crippen molar-refractivity contribution < 1.29 is 22.8 Å². The number of piperazine rings is 1. The van der Waals surface area contributed by atoms with Gasteiger partial charge in [-0.2, -0.15) is 13.2 Å². The summed E-state index contributed by atoms with van der Waals surface area (Å²) in [4.78, 5) is 25.0. The Balaban J connectivity index is 1.85. The molecular formula is C15H14F3N3O2. The number of rotatable bonds is 2. The van der Waals surface area contributed by atoms with Gasteiger partial charge in [0.15, 0.2) is 0 Å². The number of alkyl halides is 3. The summed E-state index contributed by atoms with van der Waals surface area (Å²) in [6.07, 6.45) is -2.86. The molecule has 5 nitrogen and oxygen atoms in total. The van der Waals surface area contributed by atoms with E-state index in [0.717, 1.165) is 12.1 Å². The van der Waals surface area contributed by atoms with Gasteiger partial charge in [-0.25, -0.2) is 0 Å². The third-order valence-corrected chi connectivity index (χ3v) is 3.80. The molecule has 1 aromatic heterocycles. The zero-order valence-corrected chi connectivity index (χ0v) is 12.1. The van der Waals surface area contributed by atoms with Crippen molar-refractivity contribution in [1.82, 2.24) is 14.8 Å². The lowest BCUT2D eigenvalue weighted by molar-refractivity contribution is -0.138. The van der Waals surface area contributed by atoms with Crippen molar-refractivity contribution >= 4 is 22.7 Å². The normalized spacial score (nSPS) is 15.8. The molecule has 2 aromatic rings. The molecule has 0 spiro atoms. The summed E-state index contributed by atoms with van der Waals surface area (Å²) in [5, 5.41) is 3.24. The summed E-state index contributed by atoms with van der Waals surface area (Å²) >= 11 is 0. The lowest BCUT2D eigenvalue weighted by Gasteiger charge is -2.26. The van der Waals surface area contributed by atoms with Crippen LogP contribution >= 0.6 is 0 Å². The summed E-state index contributed by atoms with van der Waals surface area (Å²) in [7, 11) is 0. The molecule has 0 aliphatic carbocycles. The molecule has 122 valence electrons. The first-order valence-electron chi connectivity index (χ1n) is 7.05. The van der Waals surface area contributed by atoms with Crippen LogP contribution in [-0.2, 0) is 22.3 Å². The Kier molecular flexibility index (Phi) is 3.75. The fourth-order valence-corrected chi connectivity index (χ4v) is 2.60. The smallest absolute Gasteiger partial charge is 0.353 e. The Bertz CT molecular complexity index is 767. The second-order valence-corrected chi connectivity index (χ2v) is 5.38. The largest absolute Gasteiger partial charge is 0.416 e. The van der Waals surface area contributed by atoms with E-state index in [1.54, 1.807) is 12.3 Å². The highest BCUT2D eigenvalue weighted by Gasteiger charge is 2.31. The number of nitrogens with one attached hydrogen (secondary N) is 1. The van der Waals surface area contributed by atoms with E-state index < -0.39 is 11.7 Å². The van der Waals surface area contributed by atoms with Gasteiger partial charge in [0.05, 0.1) is 12.1 Å². The van der Waals surface area contributed by atoms with E-state index in [1.807, 2.05) is 0 Å². The van der Waals surface area contributed by atoms with E-state index in [4.69, 9.17) is 0 Å². The number of carbonyl (C=O) groups excluding carboxylic acids is 2. The highest BCUT2D eigenvalue weighted by Crippen LogP contribution is 2.31.